The van der Waals surface area contributed by atoms with E-state index >= 15 is 0 Å². The quantitative estimate of drug-likeness (QED) is 0.847. The lowest BCUT2D eigenvalue weighted by molar-refractivity contribution is 0.0370. The molecule has 100 valence electrons. The Morgan fingerprint density at radius 2 is 1.83 bits per heavy atom. The van der Waals surface area contributed by atoms with Crippen molar-refractivity contribution in [1.29, 1.82) is 0 Å². The normalized spacial score (nSPS) is 16.0. The summed E-state index contributed by atoms with van der Waals surface area (Å²) in [6.45, 7) is 4.11. The fourth-order valence-electron chi connectivity index (χ4n) is 1.88. The number of hydrogen-bond donors (Lipinski definition) is 1. The smallest absolute Gasteiger partial charge is 0.164 e. The molecule has 1 aliphatic rings. The average Bonchev–Trinajstić information content (AvgIpc) is 2.38. The molecule has 0 aliphatic carbocycles. The molecule has 1 aliphatic heterocycles. The molecule has 4 nitrogen and oxygen atoms in total. The number of ether oxygens (including phenoxy) is 1. The van der Waals surface area contributed by atoms with Gasteiger partial charge in [0.1, 0.15) is 5.75 Å². The van der Waals surface area contributed by atoms with Gasteiger partial charge in [0.15, 0.2) is 5.78 Å². The number of carbonyl (C=O) groups excluding carboxylic acids is 1. The topological polar surface area (TPSA) is 49.8 Å². The predicted octanol–water partition coefficient (Wildman–Crippen LogP) is 1.72. The third kappa shape index (κ3) is 4.29. The number of Topliss-reactive ketones (excluding diaryl/α,β-unsaturated/α-hetero) is 1. The Morgan fingerprint density at radius 3 is 2.44 bits per heavy atom. The van der Waals surface area contributed by atoms with Crippen LogP contribution in [0, 0.1) is 0 Å². The van der Waals surface area contributed by atoms with Gasteiger partial charge in [-0.3, -0.25) is 9.69 Å². The van der Waals surface area contributed by atoms with Crippen molar-refractivity contribution in [2.45, 2.75) is 6.42 Å². The number of rotatable bonds is 4. The standard InChI is InChI=1S/C13H17NO3.ClH/c15-12-3-1-11(2-4-12)13(16)5-6-14-7-9-17-10-8-14;/h1-4,15H,5-10H2;1H. The van der Waals surface area contributed by atoms with Crippen LogP contribution in [0.3, 0.4) is 0 Å². The van der Waals surface area contributed by atoms with Crippen molar-refractivity contribution in [3.63, 3.8) is 0 Å². The molecule has 2 rings (SSSR count). The SMILES string of the molecule is Cl.O=C(CCN1CCOCC1)c1ccc(O)cc1. The van der Waals surface area contributed by atoms with Gasteiger partial charge in [0, 0.05) is 31.6 Å². The lowest BCUT2D eigenvalue weighted by Gasteiger charge is -2.26. The van der Waals surface area contributed by atoms with E-state index in [4.69, 9.17) is 9.84 Å². The molecule has 0 radical (unpaired) electrons. The predicted molar refractivity (Wildman–Crippen MR) is 71.6 cm³/mol. The van der Waals surface area contributed by atoms with Crippen LogP contribution in [0.15, 0.2) is 24.3 Å². The number of ketones is 1. The first-order valence-electron chi connectivity index (χ1n) is 5.88. The summed E-state index contributed by atoms with van der Waals surface area (Å²) in [6, 6.07) is 6.41. The highest BCUT2D eigenvalue weighted by atomic mass is 35.5. The van der Waals surface area contributed by atoms with Gasteiger partial charge in [-0.25, -0.2) is 0 Å². The molecule has 1 heterocycles. The first-order valence-corrected chi connectivity index (χ1v) is 5.88. The number of halogens is 1. The van der Waals surface area contributed by atoms with Crippen LogP contribution in [0.25, 0.3) is 0 Å². The molecule has 1 aromatic rings. The molecule has 1 aromatic carbocycles. The van der Waals surface area contributed by atoms with Gasteiger partial charge in [-0.15, -0.1) is 12.4 Å². The van der Waals surface area contributed by atoms with Gasteiger partial charge in [0.05, 0.1) is 13.2 Å². The lowest BCUT2D eigenvalue weighted by Crippen LogP contribution is -2.37. The van der Waals surface area contributed by atoms with Crippen LogP contribution in [0.4, 0.5) is 0 Å². The minimum absolute atomic E-state index is 0. The van der Waals surface area contributed by atoms with E-state index in [0.29, 0.717) is 12.0 Å². The van der Waals surface area contributed by atoms with Crippen molar-refractivity contribution in [2.75, 3.05) is 32.8 Å². The van der Waals surface area contributed by atoms with E-state index in [0.717, 1.165) is 32.8 Å². The molecule has 18 heavy (non-hydrogen) atoms. The number of phenols is 1. The summed E-state index contributed by atoms with van der Waals surface area (Å²) in [5.74, 6) is 0.311. The van der Waals surface area contributed by atoms with Gasteiger partial charge in [-0.1, -0.05) is 0 Å². The van der Waals surface area contributed by atoms with Gasteiger partial charge >= 0.3 is 0 Å². The Morgan fingerprint density at radius 1 is 1.22 bits per heavy atom. The maximum absolute atomic E-state index is 11.9. The Labute approximate surface area is 113 Å². The monoisotopic (exact) mass is 271 g/mol. The Bertz CT molecular complexity index is 374. The van der Waals surface area contributed by atoms with Crippen molar-refractivity contribution < 1.29 is 14.6 Å². The summed E-state index contributed by atoms with van der Waals surface area (Å²) in [6.07, 6.45) is 0.519. The molecule has 0 unspecified atom stereocenters. The van der Waals surface area contributed by atoms with Gasteiger partial charge in [0.2, 0.25) is 0 Å². The zero-order valence-electron chi connectivity index (χ0n) is 10.2. The van der Waals surface area contributed by atoms with Gasteiger partial charge < -0.3 is 9.84 Å². The third-order valence-corrected chi connectivity index (χ3v) is 2.95. The Balaban J connectivity index is 0.00000162. The molecule has 0 bridgehead atoms. The second-order valence-corrected chi connectivity index (χ2v) is 4.17. The van der Waals surface area contributed by atoms with Crippen LogP contribution >= 0.6 is 12.4 Å². The number of morpholine rings is 1. The van der Waals surface area contributed by atoms with Crippen LogP contribution in [-0.2, 0) is 4.74 Å². The van der Waals surface area contributed by atoms with E-state index in [1.807, 2.05) is 0 Å². The molecule has 0 spiro atoms. The highest BCUT2D eigenvalue weighted by Gasteiger charge is 2.12. The Hall–Kier alpha value is -1.10. The Kier molecular flexibility index (Phi) is 6.12. The molecule has 1 N–H and O–H groups in total. The summed E-state index contributed by atoms with van der Waals surface area (Å²) >= 11 is 0. The van der Waals surface area contributed by atoms with Crippen LogP contribution in [0.5, 0.6) is 5.75 Å². The molecule has 0 saturated carbocycles. The molecule has 0 aromatic heterocycles. The number of aromatic hydroxyl groups is 1. The highest BCUT2D eigenvalue weighted by Crippen LogP contribution is 2.11. The average molecular weight is 272 g/mol. The van der Waals surface area contributed by atoms with Crippen molar-refractivity contribution in [2.24, 2.45) is 0 Å². The van der Waals surface area contributed by atoms with E-state index in [9.17, 15) is 4.79 Å². The summed E-state index contributed by atoms with van der Waals surface area (Å²) in [5, 5.41) is 9.14. The highest BCUT2D eigenvalue weighted by molar-refractivity contribution is 5.96. The first-order chi connectivity index (χ1) is 8.25. The maximum Gasteiger partial charge on any atom is 0.164 e. The van der Waals surface area contributed by atoms with Crippen molar-refractivity contribution in [1.82, 2.24) is 4.90 Å². The third-order valence-electron chi connectivity index (χ3n) is 2.95. The van der Waals surface area contributed by atoms with Crippen LogP contribution in [-0.4, -0.2) is 48.6 Å². The van der Waals surface area contributed by atoms with E-state index in [1.54, 1.807) is 24.3 Å². The fourth-order valence-corrected chi connectivity index (χ4v) is 1.88. The largest absolute Gasteiger partial charge is 0.508 e. The number of nitrogens with zero attached hydrogens (tertiary/aromatic N) is 1. The summed E-state index contributed by atoms with van der Waals surface area (Å²) in [7, 11) is 0. The number of hydrogen-bond acceptors (Lipinski definition) is 4. The van der Waals surface area contributed by atoms with Crippen molar-refractivity contribution in [3.8, 4) is 5.75 Å². The second-order valence-electron chi connectivity index (χ2n) is 4.17. The molecule has 0 amide bonds. The van der Waals surface area contributed by atoms with Crippen LogP contribution in [0.2, 0.25) is 0 Å². The molecule has 1 fully saturated rings. The van der Waals surface area contributed by atoms with Crippen molar-refractivity contribution >= 4 is 18.2 Å². The minimum Gasteiger partial charge on any atom is -0.508 e. The molecular weight excluding hydrogens is 254 g/mol. The molecule has 5 heteroatoms. The maximum atomic E-state index is 11.9. The van der Waals surface area contributed by atoms with Crippen molar-refractivity contribution in [3.05, 3.63) is 29.8 Å². The summed E-state index contributed by atoms with van der Waals surface area (Å²) in [4.78, 5) is 14.1. The summed E-state index contributed by atoms with van der Waals surface area (Å²) in [5.41, 5.74) is 0.663. The number of benzene rings is 1. The second kappa shape index (κ2) is 7.36. The lowest BCUT2D eigenvalue weighted by atomic mass is 10.1. The van der Waals surface area contributed by atoms with Crippen LogP contribution < -0.4 is 0 Å². The summed E-state index contributed by atoms with van der Waals surface area (Å²) < 4.78 is 5.25. The fraction of sp³-hybridized carbons (Fsp3) is 0.462. The minimum atomic E-state index is 0. The zero-order chi connectivity index (χ0) is 12.1. The number of carbonyl (C=O) groups is 1. The van der Waals surface area contributed by atoms with Gasteiger partial charge in [0.25, 0.3) is 0 Å². The molecule has 0 atom stereocenters. The zero-order valence-corrected chi connectivity index (χ0v) is 11.0. The molecule has 1 saturated heterocycles. The van der Waals surface area contributed by atoms with Crippen LogP contribution in [0.1, 0.15) is 16.8 Å². The first kappa shape index (κ1) is 15.0. The van der Waals surface area contributed by atoms with E-state index < -0.39 is 0 Å². The number of phenolic OH excluding ortho intramolecular Hbond substituents is 1. The van der Waals surface area contributed by atoms with Gasteiger partial charge in [-0.05, 0) is 24.3 Å². The van der Waals surface area contributed by atoms with Gasteiger partial charge in [-0.2, -0.15) is 0 Å². The molecular formula is C13H18ClNO3. The van der Waals surface area contributed by atoms with E-state index in [1.165, 1.54) is 0 Å². The van der Waals surface area contributed by atoms with E-state index in [-0.39, 0.29) is 23.9 Å². The van der Waals surface area contributed by atoms with E-state index in [2.05, 4.69) is 4.90 Å².